The fraction of sp³-hybridized carbons (Fsp3) is 0.273. The standard InChI is InChI=1S/C11H10F3N3O5/c12-11(13,14)6-15-10(19)16-9(18)5-22-8-4-2-1-3-7(8)17(20)21/h1-4H,5-6H2,(H2,15,16,18,19). The summed E-state index contributed by atoms with van der Waals surface area (Å²) in [5, 5.41) is 13.7. The van der Waals surface area contributed by atoms with Crippen molar-refractivity contribution in [1.82, 2.24) is 10.6 Å². The van der Waals surface area contributed by atoms with Crippen LogP contribution in [-0.4, -0.2) is 36.2 Å². The molecule has 1 aromatic rings. The van der Waals surface area contributed by atoms with Crippen LogP contribution in [-0.2, 0) is 4.79 Å². The van der Waals surface area contributed by atoms with Gasteiger partial charge in [0.2, 0.25) is 0 Å². The summed E-state index contributed by atoms with van der Waals surface area (Å²) in [7, 11) is 0. The van der Waals surface area contributed by atoms with Gasteiger partial charge in [-0.2, -0.15) is 13.2 Å². The van der Waals surface area contributed by atoms with Gasteiger partial charge in [-0.25, -0.2) is 4.79 Å². The van der Waals surface area contributed by atoms with E-state index in [1.54, 1.807) is 5.32 Å². The number of nitrogens with one attached hydrogen (secondary N) is 2. The molecule has 0 saturated heterocycles. The quantitative estimate of drug-likeness (QED) is 0.628. The van der Waals surface area contributed by atoms with Gasteiger partial charge in [0.05, 0.1) is 4.92 Å². The highest BCUT2D eigenvalue weighted by atomic mass is 19.4. The smallest absolute Gasteiger partial charge is 0.405 e. The minimum Gasteiger partial charge on any atom is -0.477 e. The van der Waals surface area contributed by atoms with Gasteiger partial charge in [-0.3, -0.25) is 20.2 Å². The van der Waals surface area contributed by atoms with E-state index in [4.69, 9.17) is 4.74 Å². The number of urea groups is 1. The summed E-state index contributed by atoms with van der Waals surface area (Å²) in [5.74, 6) is -1.27. The first-order chi connectivity index (χ1) is 10.2. The number of carbonyl (C=O) groups excluding carboxylic acids is 2. The van der Waals surface area contributed by atoms with Gasteiger partial charge in [-0.05, 0) is 6.07 Å². The first kappa shape index (κ1) is 17.2. The third-order valence-corrected chi connectivity index (χ3v) is 2.12. The molecule has 0 fully saturated rings. The molecule has 0 bridgehead atoms. The number of amides is 3. The van der Waals surface area contributed by atoms with Crippen LogP contribution in [0.25, 0.3) is 0 Å². The summed E-state index contributed by atoms with van der Waals surface area (Å²) in [4.78, 5) is 32.2. The van der Waals surface area contributed by atoms with Gasteiger partial charge in [0.15, 0.2) is 12.4 Å². The Morgan fingerprint density at radius 3 is 2.50 bits per heavy atom. The maximum atomic E-state index is 11.8. The van der Waals surface area contributed by atoms with E-state index in [-0.39, 0.29) is 5.75 Å². The normalized spacial score (nSPS) is 10.7. The van der Waals surface area contributed by atoms with Crippen molar-refractivity contribution in [3.8, 4) is 5.75 Å². The number of imide groups is 1. The largest absolute Gasteiger partial charge is 0.477 e. The number of carbonyl (C=O) groups is 2. The molecule has 0 radical (unpaired) electrons. The summed E-state index contributed by atoms with van der Waals surface area (Å²) < 4.78 is 40.3. The summed E-state index contributed by atoms with van der Waals surface area (Å²) in [5.41, 5.74) is -0.392. The van der Waals surface area contributed by atoms with Crippen molar-refractivity contribution in [3.05, 3.63) is 34.4 Å². The lowest BCUT2D eigenvalue weighted by molar-refractivity contribution is -0.385. The van der Waals surface area contributed by atoms with Crippen LogP contribution in [0.15, 0.2) is 24.3 Å². The Morgan fingerprint density at radius 2 is 1.91 bits per heavy atom. The lowest BCUT2D eigenvalue weighted by atomic mass is 10.3. The molecule has 120 valence electrons. The Balaban J connectivity index is 2.47. The van der Waals surface area contributed by atoms with Crippen molar-refractivity contribution < 1.29 is 32.4 Å². The molecule has 0 heterocycles. The summed E-state index contributed by atoms with van der Waals surface area (Å²) in [6, 6.07) is 3.83. The Bertz CT molecular complexity index is 576. The van der Waals surface area contributed by atoms with Gasteiger partial charge in [-0.1, -0.05) is 12.1 Å². The van der Waals surface area contributed by atoms with E-state index in [1.165, 1.54) is 23.5 Å². The molecule has 0 aliphatic heterocycles. The minimum absolute atomic E-state index is 0.210. The molecule has 1 rings (SSSR count). The highest BCUT2D eigenvalue weighted by Crippen LogP contribution is 2.25. The van der Waals surface area contributed by atoms with Crippen LogP contribution in [0.1, 0.15) is 0 Å². The molecule has 0 atom stereocenters. The Hall–Kier alpha value is -2.85. The van der Waals surface area contributed by atoms with Gasteiger partial charge in [0, 0.05) is 6.07 Å². The summed E-state index contributed by atoms with van der Waals surface area (Å²) >= 11 is 0. The number of benzene rings is 1. The SMILES string of the molecule is O=C(COc1ccccc1[N+](=O)[O-])NC(=O)NCC(F)(F)F. The van der Waals surface area contributed by atoms with Crippen molar-refractivity contribution in [2.75, 3.05) is 13.2 Å². The molecule has 0 unspecified atom stereocenters. The number of hydrogen-bond acceptors (Lipinski definition) is 5. The van der Waals surface area contributed by atoms with Crippen LogP contribution in [0.4, 0.5) is 23.7 Å². The highest BCUT2D eigenvalue weighted by Gasteiger charge is 2.28. The number of hydrogen-bond donors (Lipinski definition) is 2. The second-order valence-corrected chi connectivity index (χ2v) is 3.86. The molecule has 2 N–H and O–H groups in total. The lowest BCUT2D eigenvalue weighted by Crippen LogP contribution is -2.44. The summed E-state index contributed by atoms with van der Waals surface area (Å²) in [6.45, 7) is -2.37. The van der Waals surface area contributed by atoms with Gasteiger partial charge in [-0.15, -0.1) is 0 Å². The van der Waals surface area contributed by atoms with Crippen molar-refractivity contribution in [1.29, 1.82) is 0 Å². The molecular formula is C11H10F3N3O5. The molecule has 22 heavy (non-hydrogen) atoms. The zero-order chi connectivity index (χ0) is 16.8. The summed E-state index contributed by atoms with van der Waals surface area (Å²) in [6.07, 6.45) is -4.61. The second kappa shape index (κ2) is 7.24. The fourth-order valence-corrected chi connectivity index (χ4v) is 1.26. The van der Waals surface area contributed by atoms with Gasteiger partial charge < -0.3 is 10.1 Å². The molecule has 0 spiro atoms. The first-order valence-corrected chi connectivity index (χ1v) is 5.69. The van der Waals surface area contributed by atoms with Crippen molar-refractivity contribution in [2.45, 2.75) is 6.18 Å². The zero-order valence-corrected chi connectivity index (χ0v) is 10.8. The molecule has 8 nitrogen and oxygen atoms in total. The molecule has 3 amide bonds. The van der Waals surface area contributed by atoms with E-state index < -0.39 is 41.9 Å². The number of nitrogens with zero attached hydrogens (tertiary/aromatic N) is 1. The van der Waals surface area contributed by atoms with Crippen LogP contribution in [0.2, 0.25) is 0 Å². The monoisotopic (exact) mass is 321 g/mol. The maximum absolute atomic E-state index is 11.8. The predicted molar refractivity (Wildman–Crippen MR) is 66.2 cm³/mol. The number of ether oxygens (including phenoxy) is 1. The molecule has 0 aliphatic carbocycles. The molecule has 11 heteroatoms. The molecule has 0 aromatic heterocycles. The maximum Gasteiger partial charge on any atom is 0.405 e. The lowest BCUT2D eigenvalue weighted by Gasteiger charge is -2.09. The number of nitro groups is 1. The molecular weight excluding hydrogens is 311 g/mol. The number of halogens is 3. The zero-order valence-electron chi connectivity index (χ0n) is 10.8. The molecule has 0 saturated carbocycles. The van der Waals surface area contributed by atoms with Crippen LogP contribution in [0, 0.1) is 10.1 Å². The Labute approximate surface area is 121 Å². The topological polar surface area (TPSA) is 111 Å². The Morgan fingerprint density at radius 1 is 1.27 bits per heavy atom. The second-order valence-electron chi connectivity index (χ2n) is 3.86. The fourth-order valence-electron chi connectivity index (χ4n) is 1.26. The Kier molecular flexibility index (Phi) is 5.66. The van der Waals surface area contributed by atoms with Crippen LogP contribution in [0.5, 0.6) is 5.75 Å². The average molecular weight is 321 g/mol. The van der Waals surface area contributed by atoms with E-state index >= 15 is 0 Å². The third kappa shape index (κ3) is 6.07. The van der Waals surface area contributed by atoms with Crippen molar-refractivity contribution >= 4 is 17.6 Å². The molecule has 0 aliphatic rings. The van der Waals surface area contributed by atoms with Gasteiger partial charge >= 0.3 is 17.9 Å². The number of rotatable bonds is 5. The van der Waals surface area contributed by atoms with Crippen molar-refractivity contribution in [3.63, 3.8) is 0 Å². The third-order valence-electron chi connectivity index (χ3n) is 2.12. The van der Waals surface area contributed by atoms with Crippen LogP contribution < -0.4 is 15.4 Å². The van der Waals surface area contributed by atoms with Gasteiger partial charge in [0.1, 0.15) is 6.54 Å². The van der Waals surface area contributed by atoms with E-state index in [0.717, 1.165) is 6.07 Å². The number of alkyl halides is 3. The van der Waals surface area contributed by atoms with Crippen LogP contribution >= 0.6 is 0 Å². The number of para-hydroxylation sites is 2. The first-order valence-electron chi connectivity index (χ1n) is 5.69. The van der Waals surface area contributed by atoms with Gasteiger partial charge in [0.25, 0.3) is 5.91 Å². The predicted octanol–water partition coefficient (Wildman–Crippen LogP) is 1.36. The van der Waals surface area contributed by atoms with E-state index in [1.807, 2.05) is 0 Å². The van der Waals surface area contributed by atoms with E-state index in [2.05, 4.69) is 0 Å². The average Bonchev–Trinajstić information content (AvgIpc) is 2.42. The van der Waals surface area contributed by atoms with Crippen molar-refractivity contribution in [2.24, 2.45) is 0 Å². The van der Waals surface area contributed by atoms with E-state index in [9.17, 15) is 32.9 Å². The highest BCUT2D eigenvalue weighted by molar-refractivity contribution is 5.95. The molecule has 1 aromatic carbocycles. The van der Waals surface area contributed by atoms with E-state index in [0.29, 0.717) is 0 Å². The minimum atomic E-state index is -4.61. The number of nitro benzene ring substituents is 1. The van der Waals surface area contributed by atoms with Crippen LogP contribution in [0.3, 0.4) is 0 Å².